The van der Waals surface area contributed by atoms with E-state index in [4.69, 9.17) is 11.6 Å². The van der Waals surface area contributed by atoms with Crippen molar-refractivity contribution in [3.63, 3.8) is 0 Å². The molecule has 0 bridgehead atoms. The van der Waals surface area contributed by atoms with Gasteiger partial charge < -0.3 is 15.1 Å². The van der Waals surface area contributed by atoms with E-state index >= 15 is 0 Å². The second kappa shape index (κ2) is 9.01. The number of rotatable bonds is 4. The smallest absolute Gasteiger partial charge is 0.234 e. The first kappa shape index (κ1) is 20.1. The molecule has 0 radical (unpaired) electrons. The van der Waals surface area contributed by atoms with Crippen LogP contribution in [0.1, 0.15) is 26.2 Å². The molecule has 3 unspecified atom stereocenters. The predicted octanol–water partition coefficient (Wildman–Crippen LogP) is 1.03. The molecule has 0 aromatic carbocycles. The predicted molar refractivity (Wildman–Crippen MR) is 103 cm³/mol. The molecule has 3 heterocycles. The molecule has 27 heavy (non-hydrogen) atoms. The molecule has 2 saturated heterocycles. The second-order valence-corrected chi connectivity index (χ2v) is 8.17. The summed E-state index contributed by atoms with van der Waals surface area (Å²) in [7, 11) is 1.80. The van der Waals surface area contributed by atoms with Gasteiger partial charge in [0.25, 0.3) is 0 Å². The largest absolute Gasteiger partial charge is 0.353 e. The molecule has 2 fully saturated rings. The van der Waals surface area contributed by atoms with Crippen LogP contribution < -0.4 is 5.32 Å². The van der Waals surface area contributed by atoms with Crippen molar-refractivity contribution >= 4 is 23.4 Å². The average molecular weight is 397 g/mol. The minimum atomic E-state index is -0.0375. The first-order chi connectivity index (χ1) is 12.9. The van der Waals surface area contributed by atoms with E-state index in [2.05, 4.69) is 31.4 Å². The highest BCUT2D eigenvalue weighted by molar-refractivity contribution is 6.21. The second-order valence-electron chi connectivity index (χ2n) is 7.61. The maximum Gasteiger partial charge on any atom is 0.234 e. The number of hydrogen-bond donors (Lipinski definition) is 1. The summed E-state index contributed by atoms with van der Waals surface area (Å²) in [6.07, 6.45) is 4.04. The highest BCUT2D eigenvalue weighted by Crippen LogP contribution is 2.21. The van der Waals surface area contributed by atoms with Crippen LogP contribution in [0.3, 0.4) is 0 Å². The zero-order chi connectivity index (χ0) is 19.4. The van der Waals surface area contributed by atoms with Crippen LogP contribution in [0.2, 0.25) is 0 Å². The van der Waals surface area contributed by atoms with Crippen LogP contribution in [0, 0.1) is 0 Å². The van der Waals surface area contributed by atoms with Crippen LogP contribution in [0.25, 0.3) is 0 Å². The Morgan fingerprint density at radius 1 is 1.30 bits per heavy atom. The van der Waals surface area contributed by atoms with Crippen LogP contribution in [0.15, 0.2) is 22.1 Å². The quantitative estimate of drug-likeness (QED) is 0.720. The molecule has 0 aliphatic carbocycles. The third-order valence-electron chi connectivity index (χ3n) is 5.48. The summed E-state index contributed by atoms with van der Waals surface area (Å²) in [4.78, 5) is 30.1. The van der Waals surface area contributed by atoms with Gasteiger partial charge in [0.15, 0.2) is 0 Å². The van der Waals surface area contributed by atoms with E-state index in [9.17, 15) is 9.59 Å². The lowest BCUT2D eigenvalue weighted by molar-refractivity contribution is -0.133. The van der Waals surface area contributed by atoms with Crippen LogP contribution in [0.5, 0.6) is 0 Å². The lowest BCUT2D eigenvalue weighted by Crippen LogP contribution is -2.51. The Kier molecular flexibility index (Phi) is 6.70. The molecule has 0 aromatic rings. The van der Waals surface area contributed by atoms with E-state index in [0.29, 0.717) is 19.5 Å². The topological polar surface area (TPSA) is 80.6 Å². The molecule has 8 nitrogen and oxygen atoms in total. The number of carbonyl (C=O) groups excluding carboxylic acids is 2. The molecule has 3 aliphatic heterocycles. The zero-order valence-corrected chi connectivity index (χ0v) is 16.9. The number of halogens is 1. The number of piperazine rings is 1. The van der Waals surface area contributed by atoms with Crippen molar-refractivity contribution < 1.29 is 9.59 Å². The molecule has 1 N–H and O–H groups in total. The molecule has 3 aliphatic rings. The number of piperidine rings is 1. The van der Waals surface area contributed by atoms with Gasteiger partial charge in [-0.2, -0.15) is 5.11 Å². The zero-order valence-electron chi connectivity index (χ0n) is 16.1. The van der Waals surface area contributed by atoms with Gasteiger partial charge in [0.2, 0.25) is 11.8 Å². The lowest BCUT2D eigenvalue weighted by atomic mass is 10.0. The lowest BCUT2D eigenvalue weighted by Gasteiger charge is -2.35. The third-order valence-corrected chi connectivity index (χ3v) is 6.02. The summed E-state index contributed by atoms with van der Waals surface area (Å²) >= 11 is 6.26. The summed E-state index contributed by atoms with van der Waals surface area (Å²) in [5.74, 6) is 0.983. The molecule has 150 valence electrons. The third kappa shape index (κ3) is 5.42. The van der Waals surface area contributed by atoms with Gasteiger partial charge in [0, 0.05) is 52.2 Å². The fourth-order valence-electron chi connectivity index (χ4n) is 3.55. The normalized spacial score (nSPS) is 30.1. The Hall–Kier alpha value is -1.67. The van der Waals surface area contributed by atoms with E-state index < -0.39 is 0 Å². The average Bonchev–Trinajstić information content (AvgIpc) is 2.81. The highest BCUT2D eigenvalue weighted by atomic mass is 35.5. The van der Waals surface area contributed by atoms with E-state index in [1.54, 1.807) is 11.9 Å². The number of alkyl halides is 1. The number of amides is 2. The van der Waals surface area contributed by atoms with Crippen molar-refractivity contribution in [2.45, 2.75) is 43.6 Å². The standard InChI is InChI=1S/C18H29ClN6O2/c1-13-15(19)3-4-16(22-21-13)25-9-7-24(8-10-25)12-17(26)20-14-5-6-23(2)18(27)11-14/h4,13-15H,3,5-12H2,1-2H3,(H,20,26). The number of azo groups is 1. The minimum absolute atomic E-state index is 0.00187. The van der Waals surface area contributed by atoms with Gasteiger partial charge in [-0.15, -0.1) is 16.7 Å². The molecule has 0 aromatic heterocycles. The molecule has 0 spiro atoms. The number of hydrogen-bond acceptors (Lipinski definition) is 6. The first-order valence-corrected chi connectivity index (χ1v) is 10.1. The van der Waals surface area contributed by atoms with Crippen molar-refractivity contribution in [1.82, 2.24) is 20.0 Å². The monoisotopic (exact) mass is 396 g/mol. The summed E-state index contributed by atoms with van der Waals surface area (Å²) in [6, 6.07) is -0.0126. The van der Waals surface area contributed by atoms with Gasteiger partial charge >= 0.3 is 0 Å². The fraction of sp³-hybridized carbons (Fsp3) is 0.778. The van der Waals surface area contributed by atoms with E-state index in [0.717, 1.165) is 44.8 Å². The van der Waals surface area contributed by atoms with Gasteiger partial charge in [-0.25, -0.2) is 0 Å². The first-order valence-electron chi connectivity index (χ1n) is 9.68. The Labute approximate surface area is 165 Å². The summed E-state index contributed by atoms with van der Waals surface area (Å²) in [6.45, 7) is 6.27. The Balaban J connectivity index is 1.42. The highest BCUT2D eigenvalue weighted by Gasteiger charge is 2.26. The number of likely N-dealkylation sites (tertiary alicyclic amines) is 1. The molecular weight excluding hydrogens is 368 g/mol. The number of allylic oxidation sites excluding steroid dienone is 1. The van der Waals surface area contributed by atoms with Gasteiger partial charge in [0.1, 0.15) is 5.82 Å². The van der Waals surface area contributed by atoms with Crippen LogP contribution >= 0.6 is 11.6 Å². The molecule has 9 heteroatoms. The number of nitrogens with one attached hydrogen (secondary N) is 1. The Morgan fingerprint density at radius 3 is 2.74 bits per heavy atom. The molecule has 2 amide bonds. The van der Waals surface area contributed by atoms with E-state index in [1.807, 2.05) is 6.92 Å². The Bertz CT molecular complexity index is 617. The van der Waals surface area contributed by atoms with Crippen molar-refractivity contribution in [1.29, 1.82) is 0 Å². The fourth-order valence-corrected chi connectivity index (χ4v) is 3.69. The molecule has 3 atom stereocenters. The minimum Gasteiger partial charge on any atom is -0.353 e. The molecule has 0 saturated carbocycles. The van der Waals surface area contributed by atoms with E-state index in [-0.39, 0.29) is 29.3 Å². The van der Waals surface area contributed by atoms with Crippen molar-refractivity contribution in [2.24, 2.45) is 10.2 Å². The van der Waals surface area contributed by atoms with Crippen LogP contribution in [-0.2, 0) is 9.59 Å². The van der Waals surface area contributed by atoms with Gasteiger partial charge in [-0.1, -0.05) is 0 Å². The maximum absolute atomic E-state index is 12.3. The van der Waals surface area contributed by atoms with Crippen LogP contribution in [0.4, 0.5) is 0 Å². The van der Waals surface area contributed by atoms with Gasteiger partial charge in [0.05, 0.1) is 18.0 Å². The molecule has 3 rings (SSSR count). The Morgan fingerprint density at radius 2 is 2.04 bits per heavy atom. The summed E-state index contributed by atoms with van der Waals surface area (Å²) < 4.78 is 0. The van der Waals surface area contributed by atoms with Crippen LogP contribution in [-0.4, -0.2) is 90.3 Å². The SMILES string of the molecule is CC1N=NC(N2CCN(CC(=O)NC3CCN(C)C(=O)C3)CC2)=CCC1Cl. The summed E-state index contributed by atoms with van der Waals surface area (Å²) in [5, 5.41) is 11.6. The molecular formula is C18H29ClN6O2. The van der Waals surface area contributed by atoms with Crippen molar-refractivity contribution in [3.05, 3.63) is 11.9 Å². The number of carbonyl (C=O) groups is 2. The summed E-state index contributed by atoms with van der Waals surface area (Å²) in [5.41, 5.74) is 0. The van der Waals surface area contributed by atoms with E-state index in [1.165, 1.54) is 0 Å². The van der Waals surface area contributed by atoms with Crippen molar-refractivity contribution in [2.75, 3.05) is 46.3 Å². The number of nitrogens with zero attached hydrogens (tertiary/aromatic N) is 5. The van der Waals surface area contributed by atoms with Gasteiger partial charge in [-0.05, 0) is 25.8 Å². The maximum atomic E-state index is 12.3. The van der Waals surface area contributed by atoms with Crippen molar-refractivity contribution in [3.8, 4) is 0 Å². The van der Waals surface area contributed by atoms with Gasteiger partial charge in [-0.3, -0.25) is 14.5 Å².